The van der Waals surface area contributed by atoms with Gasteiger partial charge in [-0.2, -0.15) is 0 Å². The van der Waals surface area contributed by atoms with Gasteiger partial charge in [0.15, 0.2) is 0 Å². The third-order valence-electron chi connectivity index (χ3n) is 3.49. The van der Waals surface area contributed by atoms with Gasteiger partial charge < -0.3 is 10.1 Å². The molecule has 2 rings (SSSR count). The molecule has 1 heterocycles. The Hall–Kier alpha value is -1.02. The number of rotatable bonds is 4. The van der Waals surface area contributed by atoms with Crippen molar-refractivity contribution in [2.45, 2.75) is 52.2 Å². The Morgan fingerprint density at radius 2 is 2.06 bits per heavy atom. The largest absolute Gasteiger partial charge is 0.487 e. The molecule has 0 saturated carbocycles. The zero-order chi connectivity index (χ0) is 13.2. The minimum Gasteiger partial charge on any atom is -0.487 e. The number of benzene rings is 1. The highest BCUT2D eigenvalue weighted by atomic mass is 16.5. The fourth-order valence-electron chi connectivity index (χ4n) is 2.53. The zero-order valence-electron chi connectivity index (χ0n) is 12.0. The Bertz CT molecular complexity index is 398. The summed E-state index contributed by atoms with van der Waals surface area (Å²) in [5.74, 6) is 1.79. The summed E-state index contributed by atoms with van der Waals surface area (Å²) in [6.45, 7) is 9.94. The zero-order valence-corrected chi connectivity index (χ0v) is 12.0. The van der Waals surface area contributed by atoms with Crippen LogP contribution in [0.3, 0.4) is 0 Å². The summed E-state index contributed by atoms with van der Waals surface area (Å²) in [7, 11) is 0. The number of fused-ring (bicyclic) bond motifs is 1. The molecular formula is C16H25NO. The summed E-state index contributed by atoms with van der Waals surface area (Å²) in [6, 6.07) is 8.82. The third kappa shape index (κ3) is 3.26. The molecule has 18 heavy (non-hydrogen) atoms. The standard InChI is InChI=1S/C16H25NO/c1-12(2)9-10-17-14-11-16(3,4)18-15-8-6-5-7-13(14)15/h5-8,12,14,17H,9-11H2,1-4H3. The van der Waals surface area contributed by atoms with E-state index in [9.17, 15) is 0 Å². The maximum Gasteiger partial charge on any atom is 0.124 e. The van der Waals surface area contributed by atoms with Crippen molar-refractivity contribution in [1.29, 1.82) is 0 Å². The van der Waals surface area contributed by atoms with Crippen LogP contribution in [0.15, 0.2) is 24.3 Å². The van der Waals surface area contributed by atoms with Crippen LogP contribution in [0, 0.1) is 5.92 Å². The van der Waals surface area contributed by atoms with Gasteiger partial charge >= 0.3 is 0 Å². The first-order valence-electron chi connectivity index (χ1n) is 6.99. The lowest BCUT2D eigenvalue weighted by molar-refractivity contribution is 0.0659. The van der Waals surface area contributed by atoms with Gasteiger partial charge in [-0.3, -0.25) is 0 Å². The normalized spacial score (nSPS) is 21.5. The second kappa shape index (κ2) is 5.31. The first-order valence-corrected chi connectivity index (χ1v) is 6.99. The minimum absolute atomic E-state index is 0.0795. The van der Waals surface area contributed by atoms with Crippen LogP contribution in [0.1, 0.15) is 52.1 Å². The van der Waals surface area contributed by atoms with E-state index in [0.29, 0.717) is 6.04 Å². The van der Waals surface area contributed by atoms with Gasteiger partial charge in [0.25, 0.3) is 0 Å². The summed E-state index contributed by atoms with van der Waals surface area (Å²) in [6.07, 6.45) is 2.25. The first-order chi connectivity index (χ1) is 8.48. The number of ether oxygens (including phenoxy) is 1. The van der Waals surface area contributed by atoms with E-state index in [1.807, 2.05) is 6.07 Å². The molecule has 0 aromatic heterocycles. The van der Waals surface area contributed by atoms with Gasteiger partial charge in [0, 0.05) is 18.0 Å². The molecule has 0 bridgehead atoms. The number of hydrogen-bond acceptors (Lipinski definition) is 2. The van der Waals surface area contributed by atoms with Crippen LogP contribution in [0.4, 0.5) is 0 Å². The summed E-state index contributed by atoms with van der Waals surface area (Å²) in [5, 5.41) is 3.68. The van der Waals surface area contributed by atoms with Crippen molar-refractivity contribution in [3.05, 3.63) is 29.8 Å². The lowest BCUT2D eigenvalue weighted by atomic mass is 9.89. The van der Waals surface area contributed by atoms with E-state index in [1.54, 1.807) is 0 Å². The van der Waals surface area contributed by atoms with Crippen LogP contribution in [0.5, 0.6) is 5.75 Å². The van der Waals surface area contributed by atoms with E-state index in [4.69, 9.17) is 4.74 Å². The topological polar surface area (TPSA) is 21.3 Å². The lowest BCUT2D eigenvalue weighted by Crippen LogP contribution is -2.39. The van der Waals surface area contributed by atoms with E-state index in [-0.39, 0.29) is 5.60 Å². The first kappa shape index (κ1) is 13.4. The number of para-hydroxylation sites is 1. The molecule has 1 N–H and O–H groups in total. The second-order valence-corrected chi connectivity index (χ2v) is 6.29. The average molecular weight is 247 g/mol. The van der Waals surface area contributed by atoms with Gasteiger partial charge in [0.1, 0.15) is 11.4 Å². The molecule has 2 heteroatoms. The van der Waals surface area contributed by atoms with Crippen molar-refractivity contribution in [3.63, 3.8) is 0 Å². The van der Waals surface area contributed by atoms with E-state index in [1.165, 1.54) is 12.0 Å². The van der Waals surface area contributed by atoms with Crippen molar-refractivity contribution in [2.75, 3.05) is 6.54 Å². The van der Waals surface area contributed by atoms with E-state index < -0.39 is 0 Å². The predicted molar refractivity (Wildman–Crippen MR) is 76.0 cm³/mol. The van der Waals surface area contributed by atoms with E-state index >= 15 is 0 Å². The Balaban J connectivity index is 2.09. The van der Waals surface area contributed by atoms with Crippen LogP contribution in [-0.4, -0.2) is 12.1 Å². The van der Waals surface area contributed by atoms with Crippen molar-refractivity contribution in [3.8, 4) is 5.75 Å². The second-order valence-electron chi connectivity index (χ2n) is 6.29. The minimum atomic E-state index is -0.0795. The number of nitrogens with one attached hydrogen (secondary N) is 1. The number of hydrogen-bond donors (Lipinski definition) is 1. The average Bonchev–Trinajstić information content (AvgIpc) is 2.27. The van der Waals surface area contributed by atoms with Crippen LogP contribution in [0.25, 0.3) is 0 Å². The molecule has 1 aliphatic rings. The van der Waals surface area contributed by atoms with Crippen LogP contribution in [0.2, 0.25) is 0 Å². The Labute approximate surface area is 111 Å². The summed E-state index contributed by atoms with van der Waals surface area (Å²) in [5.41, 5.74) is 1.23. The smallest absolute Gasteiger partial charge is 0.124 e. The Morgan fingerprint density at radius 3 is 2.78 bits per heavy atom. The monoisotopic (exact) mass is 247 g/mol. The maximum absolute atomic E-state index is 6.04. The van der Waals surface area contributed by atoms with Crippen LogP contribution < -0.4 is 10.1 Å². The van der Waals surface area contributed by atoms with Crippen molar-refractivity contribution >= 4 is 0 Å². The molecule has 100 valence electrons. The molecule has 1 aromatic carbocycles. The maximum atomic E-state index is 6.04. The molecular weight excluding hydrogens is 222 g/mol. The molecule has 0 radical (unpaired) electrons. The molecule has 1 unspecified atom stereocenters. The Kier molecular flexibility index (Phi) is 3.96. The molecule has 0 amide bonds. The van der Waals surface area contributed by atoms with Crippen LogP contribution in [-0.2, 0) is 0 Å². The van der Waals surface area contributed by atoms with Crippen molar-refractivity contribution in [1.82, 2.24) is 5.32 Å². The molecule has 1 aromatic rings. The van der Waals surface area contributed by atoms with Gasteiger partial charge in [-0.15, -0.1) is 0 Å². The van der Waals surface area contributed by atoms with Crippen LogP contribution >= 0.6 is 0 Å². The summed E-state index contributed by atoms with van der Waals surface area (Å²) in [4.78, 5) is 0. The molecule has 0 saturated heterocycles. The molecule has 1 atom stereocenters. The molecule has 0 spiro atoms. The third-order valence-corrected chi connectivity index (χ3v) is 3.49. The molecule has 0 aliphatic carbocycles. The Morgan fingerprint density at radius 1 is 1.33 bits per heavy atom. The van der Waals surface area contributed by atoms with Crippen molar-refractivity contribution < 1.29 is 4.74 Å². The van der Waals surface area contributed by atoms with E-state index in [2.05, 4.69) is 51.2 Å². The van der Waals surface area contributed by atoms with Gasteiger partial charge in [0.05, 0.1) is 0 Å². The van der Waals surface area contributed by atoms with Crippen molar-refractivity contribution in [2.24, 2.45) is 5.92 Å². The van der Waals surface area contributed by atoms with Gasteiger partial charge in [-0.05, 0) is 38.8 Å². The summed E-state index contributed by atoms with van der Waals surface area (Å²) >= 11 is 0. The fraction of sp³-hybridized carbons (Fsp3) is 0.625. The van der Waals surface area contributed by atoms with E-state index in [0.717, 1.165) is 24.6 Å². The quantitative estimate of drug-likeness (QED) is 0.870. The van der Waals surface area contributed by atoms with Gasteiger partial charge in [-0.25, -0.2) is 0 Å². The highest BCUT2D eigenvalue weighted by molar-refractivity contribution is 5.38. The predicted octanol–water partition coefficient (Wildman–Crippen LogP) is 3.92. The lowest BCUT2D eigenvalue weighted by Gasteiger charge is -2.38. The SMILES string of the molecule is CC(C)CCNC1CC(C)(C)Oc2ccccc21. The molecule has 1 aliphatic heterocycles. The van der Waals surface area contributed by atoms with Gasteiger partial charge in [0.2, 0.25) is 0 Å². The molecule has 2 nitrogen and oxygen atoms in total. The fourth-order valence-corrected chi connectivity index (χ4v) is 2.53. The summed E-state index contributed by atoms with van der Waals surface area (Å²) < 4.78 is 6.04. The highest BCUT2D eigenvalue weighted by Gasteiger charge is 2.32. The van der Waals surface area contributed by atoms with Gasteiger partial charge in [-0.1, -0.05) is 32.0 Å². The molecule has 0 fully saturated rings. The highest BCUT2D eigenvalue weighted by Crippen LogP contribution is 2.39.